The zero-order valence-corrected chi connectivity index (χ0v) is 11.1. The summed E-state index contributed by atoms with van der Waals surface area (Å²) in [5, 5.41) is 3.69. The van der Waals surface area contributed by atoms with Crippen molar-refractivity contribution in [2.45, 2.75) is 12.5 Å². The number of hydrogen-bond donors (Lipinski definition) is 1. The fourth-order valence-corrected chi connectivity index (χ4v) is 2.04. The van der Waals surface area contributed by atoms with Gasteiger partial charge in [-0.25, -0.2) is 8.78 Å². The van der Waals surface area contributed by atoms with Gasteiger partial charge in [-0.2, -0.15) is 16.7 Å². The molecule has 19 heavy (non-hydrogen) atoms. The summed E-state index contributed by atoms with van der Waals surface area (Å²) in [6.45, 7) is 0. The number of rotatable bonds is 5. The molecule has 2 rings (SSSR count). The molecule has 4 nitrogen and oxygen atoms in total. The number of nitrogens with two attached hydrogens (primary N) is 1. The van der Waals surface area contributed by atoms with Gasteiger partial charge in [0, 0.05) is 11.6 Å². The SMILES string of the molecule is CSCC[C@@H](N)c1nc(-c2cc(F)cc(F)c2)no1. The monoisotopic (exact) mass is 285 g/mol. The molecule has 0 saturated heterocycles. The predicted octanol–water partition coefficient (Wildman–Crippen LogP) is 2.77. The minimum atomic E-state index is -0.687. The highest BCUT2D eigenvalue weighted by molar-refractivity contribution is 7.98. The Morgan fingerprint density at radius 2 is 2.00 bits per heavy atom. The van der Waals surface area contributed by atoms with Gasteiger partial charge in [-0.05, 0) is 30.6 Å². The molecule has 2 N–H and O–H groups in total. The van der Waals surface area contributed by atoms with Gasteiger partial charge >= 0.3 is 0 Å². The minimum Gasteiger partial charge on any atom is -0.337 e. The lowest BCUT2D eigenvalue weighted by molar-refractivity contribution is 0.353. The van der Waals surface area contributed by atoms with Crippen molar-refractivity contribution in [3.63, 3.8) is 0 Å². The largest absolute Gasteiger partial charge is 0.337 e. The summed E-state index contributed by atoms with van der Waals surface area (Å²) >= 11 is 1.66. The second-order valence-electron chi connectivity index (χ2n) is 4.00. The molecule has 2 aromatic rings. The molecule has 1 aromatic carbocycles. The number of aromatic nitrogens is 2. The van der Waals surface area contributed by atoms with Gasteiger partial charge in [0.2, 0.25) is 11.7 Å². The van der Waals surface area contributed by atoms with E-state index in [4.69, 9.17) is 10.3 Å². The van der Waals surface area contributed by atoms with Gasteiger partial charge in [0.05, 0.1) is 6.04 Å². The van der Waals surface area contributed by atoms with E-state index in [1.807, 2.05) is 6.26 Å². The van der Waals surface area contributed by atoms with Crippen LogP contribution < -0.4 is 5.73 Å². The van der Waals surface area contributed by atoms with Crippen molar-refractivity contribution in [2.75, 3.05) is 12.0 Å². The zero-order chi connectivity index (χ0) is 13.8. The fraction of sp³-hybridized carbons (Fsp3) is 0.333. The highest BCUT2D eigenvalue weighted by Crippen LogP contribution is 2.21. The molecule has 0 fully saturated rings. The molecule has 102 valence electrons. The van der Waals surface area contributed by atoms with Crippen molar-refractivity contribution in [2.24, 2.45) is 5.73 Å². The van der Waals surface area contributed by atoms with Crippen LogP contribution in [0.2, 0.25) is 0 Å². The van der Waals surface area contributed by atoms with Crippen LogP contribution in [-0.2, 0) is 0 Å². The second-order valence-corrected chi connectivity index (χ2v) is 4.99. The molecule has 7 heteroatoms. The number of thioether (sulfide) groups is 1. The third-order valence-electron chi connectivity index (χ3n) is 2.51. The smallest absolute Gasteiger partial charge is 0.243 e. The summed E-state index contributed by atoms with van der Waals surface area (Å²) in [5.74, 6) is -0.101. The van der Waals surface area contributed by atoms with Crippen molar-refractivity contribution in [3.05, 3.63) is 35.7 Å². The Labute approximate surface area is 113 Å². The molecule has 1 aromatic heterocycles. The third-order valence-corrected chi connectivity index (χ3v) is 3.16. The van der Waals surface area contributed by atoms with E-state index in [-0.39, 0.29) is 23.3 Å². The number of halogens is 2. The Balaban J connectivity index is 2.20. The molecule has 0 amide bonds. The van der Waals surface area contributed by atoms with E-state index in [1.165, 1.54) is 0 Å². The summed E-state index contributed by atoms with van der Waals surface area (Å²) < 4.78 is 31.2. The molecule has 0 aliphatic carbocycles. The first-order valence-electron chi connectivity index (χ1n) is 5.64. The van der Waals surface area contributed by atoms with E-state index in [0.29, 0.717) is 6.42 Å². The molecule has 1 heterocycles. The zero-order valence-electron chi connectivity index (χ0n) is 10.3. The molecular formula is C12H13F2N3OS. The standard InChI is InChI=1S/C12H13F2N3OS/c1-19-3-2-10(15)12-16-11(17-18-12)7-4-8(13)6-9(14)5-7/h4-6,10H,2-3,15H2,1H3/t10-/m1/s1. The van der Waals surface area contributed by atoms with Gasteiger partial charge in [-0.3, -0.25) is 0 Å². The van der Waals surface area contributed by atoms with Crippen LogP contribution in [0.25, 0.3) is 11.4 Å². The van der Waals surface area contributed by atoms with E-state index in [2.05, 4.69) is 10.1 Å². The van der Waals surface area contributed by atoms with Crippen LogP contribution in [-0.4, -0.2) is 22.1 Å². The maximum absolute atomic E-state index is 13.1. The summed E-state index contributed by atoms with van der Waals surface area (Å²) in [5.41, 5.74) is 6.10. The quantitative estimate of drug-likeness (QED) is 0.915. The van der Waals surface area contributed by atoms with Crippen molar-refractivity contribution in [1.29, 1.82) is 0 Å². The summed E-state index contributed by atoms with van der Waals surface area (Å²) in [7, 11) is 0. The van der Waals surface area contributed by atoms with Crippen LogP contribution in [0, 0.1) is 11.6 Å². The number of benzene rings is 1. The van der Waals surface area contributed by atoms with Crippen molar-refractivity contribution >= 4 is 11.8 Å². The van der Waals surface area contributed by atoms with Crippen LogP contribution in [0.3, 0.4) is 0 Å². The second kappa shape index (κ2) is 6.12. The topological polar surface area (TPSA) is 64.9 Å². The van der Waals surface area contributed by atoms with Crippen LogP contribution in [0.4, 0.5) is 8.78 Å². The summed E-state index contributed by atoms with van der Waals surface area (Å²) in [6, 6.07) is 2.71. The third kappa shape index (κ3) is 3.51. The first-order valence-corrected chi connectivity index (χ1v) is 7.04. The lowest BCUT2D eigenvalue weighted by Crippen LogP contribution is -2.11. The lowest BCUT2D eigenvalue weighted by Gasteiger charge is -2.03. The van der Waals surface area contributed by atoms with Crippen molar-refractivity contribution in [1.82, 2.24) is 10.1 Å². The first kappa shape index (κ1) is 14.0. The highest BCUT2D eigenvalue weighted by atomic mass is 32.2. The molecule has 0 aliphatic heterocycles. The molecule has 0 radical (unpaired) electrons. The van der Waals surface area contributed by atoms with Crippen LogP contribution in [0.1, 0.15) is 18.4 Å². The normalized spacial score (nSPS) is 12.6. The summed E-state index contributed by atoms with van der Waals surface area (Å²) in [4.78, 5) is 4.07. The highest BCUT2D eigenvalue weighted by Gasteiger charge is 2.16. The fourth-order valence-electron chi connectivity index (χ4n) is 1.55. The Kier molecular flexibility index (Phi) is 4.49. The van der Waals surface area contributed by atoms with Gasteiger partial charge in [0.25, 0.3) is 0 Å². The van der Waals surface area contributed by atoms with E-state index < -0.39 is 11.6 Å². The van der Waals surface area contributed by atoms with Crippen molar-refractivity contribution < 1.29 is 13.3 Å². The lowest BCUT2D eigenvalue weighted by atomic mass is 10.2. The van der Waals surface area contributed by atoms with Gasteiger partial charge < -0.3 is 10.3 Å². The van der Waals surface area contributed by atoms with Crippen LogP contribution in [0.15, 0.2) is 22.7 Å². The van der Waals surface area contributed by atoms with Gasteiger partial charge in [-0.1, -0.05) is 5.16 Å². The van der Waals surface area contributed by atoms with Gasteiger partial charge in [0.15, 0.2) is 0 Å². The molecular weight excluding hydrogens is 272 g/mol. The molecule has 0 spiro atoms. The number of hydrogen-bond acceptors (Lipinski definition) is 5. The van der Waals surface area contributed by atoms with E-state index in [9.17, 15) is 8.78 Å². The number of nitrogens with zero attached hydrogens (tertiary/aromatic N) is 2. The average Bonchev–Trinajstić information content (AvgIpc) is 2.84. The predicted molar refractivity (Wildman–Crippen MR) is 69.6 cm³/mol. The molecule has 0 unspecified atom stereocenters. The Bertz CT molecular complexity index is 541. The maximum atomic E-state index is 13.1. The Hall–Kier alpha value is -1.47. The van der Waals surface area contributed by atoms with Gasteiger partial charge in [0.1, 0.15) is 11.6 Å². The summed E-state index contributed by atoms with van der Waals surface area (Å²) in [6.07, 6.45) is 2.67. The first-order chi connectivity index (χ1) is 9.10. The van der Waals surface area contributed by atoms with E-state index in [0.717, 1.165) is 24.0 Å². The average molecular weight is 285 g/mol. The molecule has 0 aliphatic rings. The van der Waals surface area contributed by atoms with Gasteiger partial charge in [-0.15, -0.1) is 0 Å². The Morgan fingerprint density at radius 1 is 1.32 bits per heavy atom. The van der Waals surface area contributed by atoms with Crippen LogP contribution in [0.5, 0.6) is 0 Å². The minimum absolute atomic E-state index is 0.132. The maximum Gasteiger partial charge on any atom is 0.243 e. The molecule has 0 saturated carbocycles. The van der Waals surface area contributed by atoms with E-state index in [1.54, 1.807) is 11.8 Å². The van der Waals surface area contributed by atoms with Crippen molar-refractivity contribution in [3.8, 4) is 11.4 Å². The molecule has 1 atom stereocenters. The Morgan fingerprint density at radius 3 is 2.63 bits per heavy atom. The van der Waals surface area contributed by atoms with Crippen LogP contribution >= 0.6 is 11.8 Å². The van der Waals surface area contributed by atoms with E-state index >= 15 is 0 Å². The molecule has 0 bridgehead atoms.